The lowest BCUT2D eigenvalue weighted by Crippen LogP contribution is -2.36. The smallest absolute Gasteiger partial charge is 0.248 e. The first-order valence-electron chi connectivity index (χ1n) is 6.02. The van der Waals surface area contributed by atoms with Gasteiger partial charge in [-0.05, 0) is 39.0 Å². The van der Waals surface area contributed by atoms with Crippen LogP contribution in [0.3, 0.4) is 0 Å². The van der Waals surface area contributed by atoms with Crippen LogP contribution in [0.1, 0.15) is 40.0 Å². The maximum absolute atomic E-state index is 11.8. The molecule has 1 aliphatic rings. The van der Waals surface area contributed by atoms with E-state index in [4.69, 9.17) is 4.74 Å². The molecule has 0 unspecified atom stereocenters. The van der Waals surface area contributed by atoms with Crippen molar-refractivity contribution in [1.82, 2.24) is 4.90 Å². The zero-order valence-corrected chi connectivity index (χ0v) is 10.2. The van der Waals surface area contributed by atoms with Gasteiger partial charge in [-0.25, -0.2) is 0 Å². The van der Waals surface area contributed by atoms with E-state index in [0.717, 1.165) is 25.4 Å². The van der Waals surface area contributed by atoms with Gasteiger partial charge in [0, 0.05) is 13.1 Å². The minimum Gasteiger partial charge on any atom is -0.369 e. The summed E-state index contributed by atoms with van der Waals surface area (Å²) in [6.45, 7) is 8.07. The predicted octanol–water partition coefficient (Wildman–Crippen LogP) is 2.06. The zero-order chi connectivity index (χ0) is 11.3. The van der Waals surface area contributed by atoms with Crippen LogP contribution in [0.5, 0.6) is 0 Å². The van der Waals surface area contributed by atoms with Crippen molar-refractivity contribution < 1.29 is 9.53 Å². The van der Waals surface area contributed by atoms with E-state index >= 15 is 0 Å². The number of carbonyl (C=O) groups excluding carboxylic acids is 1. The van der Waals surface area contributed by atoms with Gasteiger partial charge < -0.3 is 9.64 Å². The maximum atomic E-state index is 11.8. The first-order chi connectivity index (χ1) is 7.13. The molecule has 0 aromatic carbocycles. The molecule has 15 heavy (non-hydrogen) atoms. The lowest BCUT2D eigenvalue weighted by atomic mass is 10.3. The van der Waals surface area contributed by atoms with E-state index < -0.39 is 0 Å². The SMILES string of the molecule is CCCN(CC1CC1)C(=O)COC(C)C. The largest absolute Gasteiger partial charge is 0.369 e. The summed E-state index contributed by atoms with van der Waals surface area (Å²) >= 11 is 0. The molecule has 0 bridgehead atoms. The summed E-state index contributed by atoms with van der Waals surface area (Å²) in [7, 11) is 0. The quantitative estimate of drug-likeness (QED) is 0.648. The van der Waals surface area contributed by atoms with Crippen molar-refractivity contribution >= 4 is 5.91 Å². The summed E-state index contributed by atoms with van der Waals surface area (Å²) in [5, 5.41) is 0. The molecule has 0 saturated heterocycles. The second-order valence-electron chi connectivity index (χ2n) is 4.64. The Hall–Kier alpha value is -0.570. The van der Waals surface area contributed by atoms with Gasteiger partial charge in [0.15, 0.2) is 0 Å². The number of nitrogens with zero attached hydrogens (tertiary/aromatic N) is 1. The van der Waals surface area contributed by atoms with Crippen LogP contribution in [0, 0.1) is 5.92 Å². The number of amides is 1. The van der Waals surface area contributed by atoms with Crippen LogP contribution in [-0.2, 0) is 9.53 Å². The molecule has 88 valence electrons. The van der Waals surface area contributed by atoms with Gasteiger partial charge in [0.2, 0.25) is 5.91 Å². The third kappa shape index (κ3) is 5.17. The molecule has 0 radical (unpaired) electrons. The molecule has 1 fully saturated rings. The second-order valence-corrected chi connectivity index (χ2v) is 4.64. The summed E-state index contributed by atoms with van der Waals surface area (Å²) in [5.41, 5.74) is 0. The van der Waals surface area contributed by atoms with E-state index in [1.54, 1.807) is 0 Å². The molecule has 0 heterocycles. The third-order valence-electron chi connectivity index (χ3n) is 2.56. The van der Waals surface area contributed by atoms with Crippen LogP contribution in [0.4, 0.5) is 0 Å². The van der Waals surface area contributed by atoms with E-state index in [9.17, 15) is 4.79 Å². The Morgan fingerprint density at radius 2 is 2.13 bits per heavy atom. The zero-order valence-electron chi connectivity index (χ0n) is 10.2. The topological polar surface area (TPSA) is 29.5 Å². The van der Waals surface area contributed by atoms with Crippen molar-refractivity contribution in [1.29, 1.82) is 0 Å². The highest BCUT2D eigenvalue weighted by molar-refractivity contribution is 5.77. The van der Waals surface area contributed by atoms with Gasteiger partial charge in [-0.15, -0.1) is 0 Å². The highest BCUT2D eigenvalue weighted by atomic mass is 16.5. The Morgan fingerprint density at radius 1 is 1.47 bits per heavy atom. The lowest BCUT2D eigenvalue weighted by molar-refractivity contribution is -0.137. The number of carbonyl (C=O) groups is 1. The van der Waals surface area contributed by atoms with Crippen molar-refractivity contribution in [2.24, 2.45) is 5.92 Å². The fourth-order valence-corrected chi connectivity index (χ4v) is 1.53. The second kappa shape index (κ2) is 6.11. The molecule has 0 aromatic rings. The summed E-state index contributed by atoms with van der Waals surface area (Å²) in [4.78, 5) is 13.8. The monoisotopic (exact) mass is 213 g/mol. The van der Waals surface area contributed by atoms with Gasteiger partial charge >= 0.3 is 0 Å². The fourth-order valence-electron chi connectivity index (χ4n) is 1.53. The molecule has 0 aromatic heterocycles. The Balaban J connectivity index is 2.28. The Kier molecular flexibility index (Phi) is 5.09. The number of hydrogen-bond acceptors (Lipinski definition) is 2. The molecule has 0 spiro atoms. The minimum atomic E-state index is 0.137. The Bertz CT molecular complexity index is 200. The maximum Gasteiger partial charge on any atom is 0.248 e. The summed E-state index contributed by atoms with van der Waals surface area (Å²) in [5.74, 6) is 0.914. The number of ether oxygens (including phenoxy) is 1. The minimum absolute atomic E-state index is 0.137. The molecule has 0 aliphatic heterocycles. The highest BCUT2D eigenvalue weighted by Gasteiger charge is 2.26. The van der Waals surface area contributed by atoms with E-state index in [0.29, 0.717) is 0 Å². The van der Waals surface area contributed by atoms with Gasteiger partial charge in [-0.2, -0.15) is 0 Å². The van der Waals surface area contributed by atoms with Crippen molar-refractivity contribution in [2.45, 2.75) is 46.1 Å². The van der Waals surface area contributed by atoms with E-state index in [2.05, 4.69) is 6.92 Å². The average Bonchev–Trinajstić information content (AvgIpc) is 2.97. The molecular formula is C12H23NO2. The van der Waals surface area contributed by atoms with Gasteiger partial charge in [0.1, 0.15) is 6.61 Å². The predicted molar refractivity (Wildman–Crippen MR) is 60.7 cm³/mol. The molecule has 1 amide bonds. The first kappa shape index (κ1) is 12.5. The Labute approximate surface area is 92.8 Å². The molecular weight excluding hydrogens is 190 g/mol. The molecule has 1 aliphatic carbocycles. The molecule has 1 rings (SSSR count). The van der Waals surface area contributed by atoms with Crippen molar-refractivity contribution in [2.75, 3.05) is 19.7 Å². The van der Waals surface area contributed by atoms with Crippen LogP contribution in [0.15, 0.2) is 0 Å². The van der Waals surface area contributed by atoms with Gasteiger partial charge in [-0.3, -0.25) is 4.79 Å². The van der Waals surface area contributed by atoms with Crippen LogP contribution < -0.4 is 0 Å². The van der Waals surface area contributed by atoms with E-state index in [-0.39, 0.29) is 18.6 Å². The van der Waals surface area contributed by atoms with Crippen molar-refractivity contribution in [3.8, 4) is 0 Å². The number of hydrogen-bond donors (Lipinski definition) is 0. The number of rotatable bonds is 7. The van der Waals surface area contributed by atoms with Crippen LogP contribution >= 0.6 is 0 Å². The molecule has 0 N–H and O–H groups in total. The Morgan fingerprint density at radius 3 is 2.60 bits per heavy atom. The molecule has 3 heteroatoms. The molecule has 0 atom stereocenters. The highest BCUT2D eigenvalue weighted by Crippen LogP contribution is 2.29. The van der Waals surface area contributed by atoms with Crippen molar-refractivity contribution in [3.63, 3.8) is 0 Å². The first-order valence-corrected chi connectivity index (χ1v) is 6.02. The summed E-state index contributed by atoms with van der Waals surface area (Å²) in [6, 6.07) is 0. The van der Waals surface area contributed by atoms with Crippen LogP contribution in [0.25, 0.3) is 0 Å². The summed E-state index contributed by atoms with van der Waals surface area (Å²) in [6.07, 6.45) is 3.75. The van der Waals surface area contributed by atoms with Crippen LogP contribution in [-0.4, -0.2) is 36.6 Å². The van der Waals surface area contributed by atoms with Gasteiger partial charge in [-0.1, -0.05) is 6.92 Å². The lowest BCUT2D eigenvalue weighted by Gasteiger charge is -2.22. The van der Waals surface area contributed by atoms with Crippen LogP contribution in [0.2, 0.25) is 0 Å². The average molecular weight is 213 g/mol. The van der Waals surface area contributed by atoms with Gasteiger partial charge in [0.05, 0.1) is 6.10 Å². The standard InChI is InChI=1S/C12H23NO2/c1-4-7-13(8-11-5-6-11)12(14)9-15-10(2)3/h10-11H,4-9H2,1-3H3. The van der Waals surface area contributed by atoms with E-state index in [1.807, 2.05) is 18.7 Å². The van der Waals surface area contributed by atoms with Gasteiger partial charge in [0.25, 0.3) is 0 Å². The molecule has 1 saturated carbocycles. The fraction of sp³-hybridized carbons (Fsp3) is 0.917. The van der Waals surface area contributed by atoms with E-state index in [1.165, 1.54) is 12.8 Å². The molecule has 3 nitrogen and oxygen atoms in total. The normalized spacial score (nSPS) is 15.7. The summed E-state index contributed by atoms with van der Waals surface area (Å²) < 4.78 is 5.34. The van der Waals surface area contributed by atoms with Crippen molar-refractivity contribution in [3.05, 3.63) is 0 Å². The third-order valence-corrected chi connectivity index (χ3v) is 2.56.